The molecule has 2 aromatic carbocycles. The number of hydrogen-bond acceptors (Lipinski definition) is 1. The summed E-state index contributed by atoms with van der Waals surface area (Å²) in [6.45, 7) is 1.80. The van der Waals surface area contributed by atoms with Crippen LogP contribution in [0.1, 0.15) is 21.5 Å². The van der Waals surface area contributed by atoms with E-state index in [1.165, 1.54) is 12.1 Å². The first kappa shape index (κ1) is 14.0. The predicted octanol–water partition coefficient (Wildman–Crippen LogP) is 4.87. The smallest absolute Gasteiger partial charge is 0.167 e. The third-order valence-electron chi connectivity index (χ3n) is 2.92. The van der Waals surface area contributed by atoms with Crippen molar-refractivity contribution in [1.29, 1.82) is 0 Å². The van der Waals surface area contributed by atoms with E-state index >= 15 is 0 Å². The van der Waals surface area contributed by atoms with Gasteiger partial charge < -0.3 is 0 Å². The average Bonchev–Trinajstić information content (AvgIpc) is 2.37. The molecular formula is C15H11Cl2FO. The minimum Gasteiger partial charge on any atom is -0.294 e. The Morgan fingerprint density at radius 3 is 2.58 bits per heavy atom. The number of benzene rings is 2. The van der Waals surface area contributed by atoms with Gasteiger partial charge in [-0.15, -0.1) is 0 Å². The topological polar surface area (TPSA) is 17.1 Å². The van der Waals surface area contributed by atoms with Gasteiger partial charge >= 0.3 is 0 Å². The zero-order valence-corrected chi connectivity index (χ0v) is 11.7. The third-order valence-corrected chi connectivity index (χ3v) is 3.62. The van der Waals surface area contributed by atoms with Gasteiger partial charge in [0.15, 0.2) is 5.78 Å². The molecule has 0 bridgehead atoms. The van der Waals surface area contributed by atoms with Crippen LogP contribution in [-0.4, -0.2) is 5.78 Å². The molecule has 19 heavy (non-hydrogen) atoms. The largest absolute Gasteiger partial charge is 0.294 e. The quantitative estimate of drug-likeness (QED) is 0.739. The van der Waals surface area contributed by atoms with E-state index in [4.69, 9.17) is 23.2 Å². The molecule has 0 amide bonds. The first-order valence-electron chi connectivity index (χ1n) is 5.71. The standard InChI is InChI=1S/C15H11Cl2FO/c1-9-11(3-2-4-12(9)16)15(19)8-10-5-6-14(18)13(17)7-10/h2-7H,8H2,1H3. The van der Waals surface area contributed by atoms with E-state index in [1.807, 2.05) is 0 Å². The molecule has 0 aliphatic heterocycles. The lowest BCUT2D eigenvalue weighted by Gasteiger charge is -2.07. The molecule has 0 saturated carbocycles. The molecule has 0 N–H and O–H groups in total. The van der Waals surface area contributed by atoms with Crippen LogP contribution in [-0.2, 0) is 6.42 Å². The highest BCUT2D eigenvalue weighted by atomic mass is 35.5. The highest BCUT2D eigenvalue weighted by Gasteiger charge is 2.12. The second-order valence-corrected chi connectivity index (χ2v) is 5.08. The Morgan fingerprint density at radius 2 is 1.89 bits per heavy atom. The first-order valence-corrected chi connectivity index (χ1v) is 6.47. The Morgan fingerprint density at radius 1 is 1.16 bits per heavy atom. The SMILES string of the molecule is Cc1c(Cl)cccc1C(=O)Cc1ccc(F)c(Cl)c1. The highest BCUT2D eigenvalue weighted by Crippen LogP contribution is 2.21. The van der Waals surface area contributed by atoms with Crippen LogP contribution in [0, 0.1) is 12.7 Å². The molecule has 0 aliphatic carbocycles. The Labute approximate surface area is 121 Å². The van der Waals surface area contributed by atoms with E-state index in [0.717, 1.165) is 5.56 Å². The van der Waals surface area contributed by atoms with Gasteiger partial charge in [-0.2, -0.15) is 0 Å². The number of ketones is 1. The summed E-state index contributed by atoms with van der Waals surface area (Å²) in [5.41, 5.74) is 2.01. The van der Waals surface area contributed by atoms with Crippen molar-refractivity contribution in [2.75, 3.05) is 0 Å². The van der Waals surface area contributed by atoms with Crippen LogP contribution < -0.4 is 0 Å². The lowest BCUT2D eigenvalue weighted by molar-refractivity contribution is 0.0992. The van der Waals surface area contributed by atoms with Gasteiger partial charge in [-0.25, -0.2) is 4.39 Å². The maximum absolute atomic E-state index is 13.0. The number of carbonyl (C=O) groups excluding carboxylic acids is 1. The molecule has 0 radical (unpaired) electrons. The molecule has 0 unspecified atom stereocenters. The summed E-state index contributed by atoms with van der Waals surface area (Å²) in [5, 5.41) is 0.580. The van der Waals surface area contributed by atoms with Crippen LogP contribution in [0.15, 0.2) is 36.4 Å². The first-order chi connectivity index (χ1) is 8.99. The Balaban J connectivity index is 2.26. The summed E-state index contributed by atoms with van der Waals surface area (Å²) >= 11 is 11.7. The van der Waals surface area contributed by atoms with Crippen molar-refractivity contribution in [1.82, 2.24) is 0 Å². The number of Topliss-reactive ketones (excluding diaryl/α,β-unsaturated/α-hetero) is 1. The Bertz CT molecular complexity index is 638. The lowest BCUT2D eigenvalue weighted by Crippen LogP contribution is -2.06. The fraction of sp³-hybridized carbons (Fsp3) is 0.133. The average molecular weight is 297 g/mol. The molecule has 1 nitrogen and oxygen atoms in total. The number of halogens is 3. The third kappa shape index (κ3) is 3.14. The van der Waals surface area contributed by atoms with Crippen molar-refractivity contribution in [3.63, 3.8) is 0 Å². The normalized spacial score (nSPS) is 10.5. The summed E-state index contributed by atoms with van der Waals surface area (Å²) < 4.78 is 13.0. The van der Waals surface area contributed by atoms with Crippen molar-refractivity contribution in [2.45, 2.75) is 13.3 Å². The fourth-order valence-corrected chi connectivity index (χ4v) is 2.22. The Kier molecular flexibility index (Phi) is 4.23. The monoisotopic (exact) mass is 296 g/mol. The minimum atomic E-state index is -0.489. The van der Waals surface area contributed by atoms with Crippen LogP contribution in [0.4, 0.5) is 4.39 Å². The van der Waals surface area contributed by atoms with Gasteiger partial charge in [-0.3, -0.25) is 4.79 Å². The number of carbonyl (C=O) groups is 1. The van der Waals surface area contributed by atoms with E-state index in [0.29, 0.717) is 16.1 Å². The van der Waals surface area contributed by atoms with Crippen molar-refractivity contribution in [2.24, 2.45) is 0 Å². The maximum Gasteiger partial charge on any atom is 0.167 e. The zero-order chi connectivity index (χ0) is 14.0. The molecule has 0 spiro atoms. The zero-order valence-electron chi connectivity index (χ0n) is 10.2. The molecule has 2 rings (SSSR count). The van der Waals surface area contributed by atoms with Crippen LogP contribution in [0.3, 0.4) is 0 Å². The van der Waals surface area contributed by atoms with E-state index in [1.54, 1.807) is 31.2 Å². The van der Waals surface area contributed by atoms with Crippen molar-refractivity contribution in [3.05, 3.63) is 69.0 Å². The van der Waals surface area contributed by atoms with Gasteiger partial charge in [0.25, 0.3) is 0 Å². The van der Waals surface area contributed by atoms with Gasteiger partial charge in [-0.05, 0) is 36.2 Å². The lowest BCUT2D eigenvalue weighted by atomic mass is 9.99. The van der Waals surface area contributed by atoms with Crippen molar-refractivity contribution >= 4 is 29.0 Å². The molecule has 0 aliphatic rings. The summed E-state index contributed by atoms with van der Waals surface area (Å²) in [6, 6.07) is 9.49. The van der Waals surface area contributed by atoms with E-state index in [2.05, 4.69) is 0 Å². The summed E-state index contributed by atoms with van der Waals surface area (Å²) in [4.78, 5) is 12.2. The number of rotatable bonds is 3. The summed E-state index contributed by atoms with van der Waals surface area (Å²) in [7, 11) is 0. The van der Waals surface area contributed by atoms with Gasteiger partial charge in [0.1, 0.15) is 5.82 Å². The predicted molar refractivity (Wildman–Crippen MR) is 75.6 cm³/mol. The molecule has 0 saturated heterocycles. The fourth-order valence-electron chi connectivity index (χ4n) is 1.84. The van der Waals surface area contributed by atoms with Gasteiger partial charge in [0.05, 0.1) is 5.02 Å². The molecule has 0 heterocycles. The number of hydrogen-bond donors (Lipinski definition) is 0. The molecule has 2 aromatic rings. The van der Waals surface area contributed by atoms with E-state index in [9.17, 15) is 9.18 Å². The van der Waals surface area contributed by atoms with E-state index in [-0.39, 0.29) is 17.2 Å². The van der Waals surface area contributed by atoms with Crippen LogP contribution in [0.25, 0.3) is 0 Å². The molecular weight excluding hydrogens is 286 g/mol. The molecule has 0 atom stereocenters. The van der Waals surface area contributed by atoms with Gasteiger partial charge in [0.2, 0.25) is 0 Å². The van der Waals surface area contributed by atoms with Crippen LogP contribution >= 0.6 is 23.2 Å². The van der Waals surface area contributed by atoms with E-state index < -0.39 is 5.82 Å². The van der Waals surface area contributed by atoms with Crippen LogP contribution in [0.5, 0.6) is 0 Å². The summed E-state index contributed by atoms with van der Waals surface area (Å²) in [5.74, 6) is -0.556. The second kappa shape index (κ2) is 5.72. The summed E-state index contributed by atoms with van der Waals surface area (Å²) in [6.07, 6.45) is 0.168. The van der Waals surface area contributed by atoms with Crippen molar-refractivity contribution in [3.8, 4) is 0 Å². The Hall–Kier alpha value is -1.38. The molecule has 4 heteroatoms. The molecule has 0 fully saturated rings. The van der Waals surface area contributed by atoms with Gasteiger partial charge in [0, 0.05) is 17.0 Å². The molecule has 98 valence electrons. The maximum atomic E-state index is 13.0. The molecule has 0 aromatic heterocycles. The van der Waals surface area contributed by atoms with Crippen molar-refractivity contribution < 1.29 is 9.18 Å². The minimum absolute atomic E-state index is 0.0214. The van der Waals surface area contributed by atoms with Crippen LogP contribution in [0.2, 0.25) is 10.0 Å². The van der Waals surface area contributed by atoms with Gasteiger partial charge in [-0.1, -0.05) is 41.4 Å². The highest BCUT2D eigenvalue weighted by molar-refractivity contribution is 6.32. The second-order valence-electron chi connectivity index (χ2n) is 4.26.